The Kier molecular flexibility index (Phi) is 4.55. The van der Waals surface area contributed by atoms with Gasteiger partial charge in [-0.2, -0.15) is 5.10 Å². The third kappa shape index (κ3) is 2.69. The highest BCUT2D eigenvalue weighted by Crippen LogP contribution is 2.30. The minimum atomic E-state index is -1.12. The van der Waals surface area contributed by atoms with Gasteiger partial charge in [-0.3, -0.25) is 9.59 Å². The number of nitrogens with zero attached hydrogens (tertiary/aromatic N) is 2. The van der Waals surface area contributed by atoms with Crippen molar-refractivity contribution < 1.29 is 23.9 Å². The fourth-order valence-corrected chi connectivity index (χ4v) is 2.34. The largest absolute Gasteiger partial charge is 0.468 e. The van der Waals surface area contributed by atoms with Crippen molar-refractivity contribution in [1.82, 2.24) is 0 Å². The first-order valence-corrected chi connectivity index (χ1v) is 6.60. The van der Waals surface area contributed by atoms with Gasteiger partial charge in [0.15, 0.2) is 11.8 Å². The van der Waals surface area contributed by atoms with Crippen molar-refractivity contribution in [3.05, 3.63) is 30.3 Å². The number of rotatable bonds is 4. The van der Waals surface area contributed by atoms with Crippen LogP contribution in [-0.2, 0) is 23.9 Å². The Hall–Kier alpha value is -2.70. The molecule has 0 amide bonds. The van der Waals surface area contributed by atoms with Crippen LogP contribution in [0.25, 0.3) is 0 Å². The summed E-state index contributed by atoms with van der Waals surface area (Å²) in [6, 6.07) is 7.70. The second-order valence-electron chi connectivity index (χ2n) is 4.69. The van der Waals surface area contributed by atoms with Crippen LogP contribution in [0.2, 0.25) is 0 Å². The maximum absolute atomic E-state index is 12.1. The number of hydrazone groups is 1. The van der Waals surface area contributed by atoms with Gasteiger partial charge in [0.2, 0.25) is 0 Å². The summed E-state index contributed by atoms with van der Waals surface area (Å²) in [5.41, 5.74) is 0.550. The van der Waals surface area contributed by atoms with E-state index in [0.29, 0.717) is 5.69 Å². The van der Waals surface area contributed by atoms with Crippen molar-refractivity contribution in [3.8, 4) is 0 Å². The van der Waals surface area contributed by atoms with Crippen molar-refractivity contribution in [2.75, 3.05) is 19.2 Å². The number of para-hydroxylation sites is 1. The SMILES string of the molecule is COC(=O)[C@H]1C(C(C)=O)=NN(c2ccccc2)[C@@H]1C(=O)OC. The molecule has 0 spiro atoms. The van der Waals surface area contributed by atoms with Gasteiger partial charge in [-0.05, 0) is 12.1 Å². The first-order valence-electron chi connectivity index (χ1n) is 6.60. The van der Waals surface area contributed by atoms with E-state index >= 15 is 0 Å². The molecule has 1 heterocycles. The van der Waals surface area contributed by atoms with E-state index in [4.69, 9.17) is 9.47 Å². The smallest absolute Gasteiger partial charge is 0.332 e. The molecule has 2 rings (SSSR count). The number of carbonyl (C=O) groups is 3. The summed E-state index contributed by atoms with van der Waals surface area (Å²) in [7, 11) is 2.41. The number of ether oxygens (including phenoxy) is 2. The minimum absolute atomic E-state index is 0.0221. The summed E-state index contributed by atoms with van der Waals surface area (Å²) in [6.45, 7) is 1.29. The van der Waals surface area contributed by atoms with Gasteiger partial charge >= 0.3 is 11.9 Å². The lowest BCUT2D eigenvalue weighted by atomic mass is 9.93. The van der Waals surface area contributed by atoms with Crippen LogP contribution in [0.15, 0.2) is 35.4 Å². The molecule has 1 aromatic rings. The first kappa shape index (κ1) is 15.7. The zero-order valence-corrected chi connectivity index (χ0v) is 12.5. The van der Waals surface area contributed by atoms with E-state index in [9.17, 15) is 14.4 Å². The quantitative estimate of drug-likeness (QED) is 0.764. The lowest BCUT2D eigenvalue weighted by Gasteiger charge is -2.24. The highest BCUT2D eigenvalue weighted by Gasteiger charge is 2.49. The van der Waals surface area contributed by atoms with Crippen LogP contribution in [0.1, 0.15) is 6.92 Å². The number of hydrogen-bond donors (Lipinski definition) is 0. The van der Waals surface area contributed by atoms with Gasteiger partial charge < -0.3 is 9.47 Å². The predicted molar refractivity (Wildman–Crippen MR) is 78.3 cm³/mol. The zero-order valence-electron chi connectivity index (χ0n) is 12.5. The molecule has 116 valence electrons. The van der Waals surface area contributed by atoms with E-state index in [1.54, 1.807) is 30.3 Å². The van der Waals surface area contributed by atoms with Gasteiger partial charge in [-0.15, -0.1) is 0 Å². The molecule has 0 saturated heterocycles. The molecule has 0 saturated carbocycles. The Balaban J connectivity index is 2.53. The average Bonchev–Trinajstić information content (AvgIpc) is 2.94. The molecular formula is C15H16N2O5. The molecule has 22 heavy (non-hydrogen) atoms. The summed E-state index contributed by atoms with van der Waals surface area (Å²) in [5.74, 6) is -2.89. The van der Waals surface area contributed by atoms with Gasteiger partial charge in [-0.25, -0.2) is 9.80 Å². The minimum Gasteiger partial charge on any atom is -0.468 e. The Bertz CT molecular complexity index is 626. The summed E-state index contributed by atoms with van der Waals surface area (Å²) < 4.78 is 9.48. The molecule has 0 bridgehead atoms. The lowest BCUT2D eigenvalue weighted by molar-refractivity contribution is -0.150. The summed E-state index contributed by atoms with van der Waals surface area (Å²) in [6.07, 6.45) is 0. The number of anilines is 1. The third-order valence-electron chi connectivity index (χ3n) is 3.37. The number of hydrogen-bond acceptors (Lipinski definition) is 7. The summed E-state index contributed by atoms with van der Waals surface area (Å²) >= 11 is 0. The molecule has 2 atom stereocenters. The number of Topliss-reactive ketones (excluding diaryl/α,β-unsaturated/α-hetero) is 1. The fourth-order valence-electron chi connectivity index (χ4n) is 2.34. The molecule has 0 aliphatic carbocycles. The predicted octanol–water partition coefficient (Wildman–Crippen LogP) is 0.782. The zero-order chi connectivity index (χ0) is 16.3. The average molecular weight is 304 g/mol. The van der Waals surface area contributed by atoms with Crippen LogP contribution < -0.4 is 5.01 Å². The first-order chi connectivity index (χ1) is 10.5. The number of methoxy groups -OCH3 is 2. The van der Waals surface area contributed by atoms with Crippen molar-refractivity contribution >= 4 is 29.1 Å². The van der Waals surface area contributed by atoms with Crippen LogP contribution in [0, 0.1) is 5.92 Å². The van der Waals surface area contributed by atoms with E-state index < -0.39 is 29.7 Å². The highest BCUT2D eigenvalue weighted by atomic mass is 16.5. The van der Waals surface area contributed by atoms with Gasteiger partial charge in [-0.1, -0.05) is 18.2 Å². The van der Waals surface area contributed by atoms with E-state index in [1.807, 2.05) is 0 Å². The molecule has 0 N–H and O–H groups in total. The van der Waals surface area contributed by atoms with Crippen LogP contribution in [0.5, 0.6) is 0 Å². The van der Waals surface area contributed by atoms with Gasteiger partial charge in [0, 0.05) is 6.92 Å². The topological polar surface area (TPSA) is 85.3 Å². The maximum Gasteiger partial charge on any atom is 0.332 e. The molecule has 7 heteroatoms. The Morgan fingerprint density at radius 3 is 2.14 bits per heavy atom. The number of esters is 2. The normalized spacial score (nSPS) is 20.3. The van der Waals surface area contributed by atoms with Crippen molar-refractivity contribution in [1.29, 1.82) is 0 Å². The van der Waals surface area contributed by atoms with Crippen molar-refractivity contribution in [3.63, 3.8) is 0 Å². The van der Waals surface area contributed by atoms with Gasteiger partial charge in [0.1, 0.15) is 11.6 Å². The number of ketones is 1. The molecule has 7 nitrogen and oxygen atoms in total. The molecule has 0 aromatic heterocycles. The summed E-state index contributed by atoms with van der Waals surface area (Å²) in [5, 5.41) is 5.48. The van der Waals surface area contributed by atoms with Crippen molar-refractivity contribution in [2.45, 2.75) is 13.0 Å². The third-order valence-corrected chi connectivity index (χ3v) is 3.37. The standard InChI is InChI=1S/C15H16N2O5/c1-9(18)12-11(14(19)21-2)13(15(20)22-3)17(16-12)10-7-5-4-6-8-10/h4-8,11,13H,1-3H3/t11-,13-/m0/s1. The molecule has 0 radical (unpaired) electrons. The molecule has 1 aromatic carbocycles. The highest BCUT2D eigenvalue weighted by molar-refractivity contribution is 6.44. The van der Waals surface area contributed by atoms with Crippen LogP contribution >= 0.6 is 0 Å². The van der Waals surface area contributed by atoms with Crippen molar-refractivity contribution in [2.24, 2.45) is 11.0 Å². The molecular weight excluding hydrogens is 288 g/mol. The number of carbonyl (C=O) groups excluding carboxylic acids is 3. The fraction of sp³-hybridized carbons (Fsp3) is 0.333. The Morgan fingerprint density at radius 2 is 1.64 bits per heavy atom. The summed E-state index contributed by atoms with van der Waals surface area (Å²) in [4.78, 5) is 36.0. The molecule has 0 unspecified atom stereocenters. The lowest BCUT2D eigenvalue weighted by Crippen LogP contribution is -2.45. The van der Waals surface area contributed by atoms with Crippen LogP contribution in [0.3, 0.4) is 0 Å². The van der Waals surface area contributed by atoms with E-state index in [1.165, 1.54) is 26.2 Å². The van der Waals surface area contributed by atoms with E-state index in [0.717, 1.165) is 0 Å². The maximum atomic E-state index is 12.1. The second kappa shape index (κ2) is 6.38. The Morgan fingerprint density at radius 1 is 1.05 bits per heavy atom. The van der Waals surface area contributed by atoms with E-state index in [-0.39, 0.29) is 5.71 Å². The van der Waals surface area contributed by atoms with Gasteiger partial charge in [0.05, 0.1) is 19.9 Å². The second-order valence-corrected chi connectivity index (χ2v) is 4.69. The monoisotopic (exact) mass is 304 g/mol. The van der Waals surface area contributed by atoms with Gasteiger partial charge in [0.25, 0.3) is 0 Å². The van der Waals surface area contributed by atoms with Crippen LogP contribution in [0.4, 0.5) is 5.69 Å². The Labute approximate surface area is 127 Å². The molecule has 0 fully saturated rings. The number of benzene rings is 1. The van der Waals surface area contributed by atoms with Crippen LogP contribution in [-0.4, -0.2) is 43.7 Å². The van der Waals surface area contributed by atoms with E-state index in [2.05, 4.69) is 5.10 Å². The molecule has 1 aliphatic heterocycles. The molecule has 1 aliphatic rings.